The summed E-state index contributed by atoms with van der Waals surface area (Å²) in [6.45, 7) is 1.51. The number of thiophene rings is 1. The molecule has 1 amide bonds. The lowest BCUT2D eigenvalue weighted by Crippen LogP contribution is -2.35. The zero-order valence-electron chi connectivity index (χ0n) is 17.3. The van der Waals surface area contributed by atoms with Crippen LogP contribution in [0.15, 0.2) is 41.1 Å². The molecule has 6 nitrogen and oxygen atoms in total. The van der Waals surface area contributed by atoms with Crippen LogP contribution in [0.2, 0.25) is 0 Å². The molecular weight excluding hydrogens is 386 g/mol. The van der Waals surface area contributed by atoms with Gasteiger partial charge >= 0.3 is 0 Å². The smallest absolute Gasteiger partial charge is 0.227 e. The maximum Gasteiger partial charge on any atom is 0.227 e. The molecule has 0 spiro atoms. The number of pyridine rings is 1. The van der Waals surface area contributed by atoms with Gasteiger partial charge in [0.05, 0.1) is 25.7 Å². The van der Waals surface area contributed by atoms with Crippen molar-refractivity contribution in [1.29, 1.82) is 0 Å². The fourth-order valence-corrected chi connectivity index (χ4v) is 3.86. The molecule has 29 heavy (non-hydrogen) atoms. The van der Waals surface area contributed by atoms with Crippen molar-refractivity contribution < 1.29 is 14.3 Å². The van der Waals surface area contributed by atoms with Crippen LogP contribution in [0, 0.1) is 0 Å². The highest BCUT2D eigenvalue weighted by molar-refractivity contribution is 7.08. The molecule has 154 valence electrons. The van der Waals surface area contributed by atoms with E-state index in [4.69, 9.17) is 14.5 Å². The van der Waals surface area contributed by atoms with Gasteiger partial charge in [0.25, 0.3) is 0 Å². The SMILES string of the molecule is COCCN(Cc1cc2ccc(OC)cc2nc1N(C)C)C(=O)Cc1ccsc1. The molecule has 2 aromatic heterocycles. The van der Waals surface area contributed by atoms with E-state index in [-0.39, 0.29) is 5.91 Å². The van der Waals surface area contributed by atoms with Crippen molar-refractivity contribution in [3.8, 4) is 5.75 Å². The second kappa shape index (κ2) is 9.71. The number of rotatable bonds is 9. The summed E-state index contributed by atoms with van der Waals surface area (Å²) in [6, 6.07) is 9.95. The summed E-state index contributed by atoms with van der Waals surface area (Å²) < 4.78 is 10.6. The Balaban J connectivity index is 1.92. The van der Waals surface area contributed by atoms with Crippen molar-refractivity contribution in [3.63, 3.8) is 0 Å². The van der Waals surface area contributed by atoms with Gasteiger partial charge in [-0.15, -0.1) is 0 Å². The average molecular weight is 414 g/mol. The van der Waals surface area contributed by atoms with Crippen molar-refractivity contribution in [2.75, 3.05) is 46.4 Å². The minimum absolute atomic E-state index is 0.0833. The number of carbonyl (C=O) groups is 1. The molecule has 0 saturated heterocycles. The van der Waals surface area contributed by atoms with Crippen LogP contribution >= 0.6 is 11.3 Å². The normalized spacial score (nSPS) is 10.9. The molecule has 0 bridgehead atoms. The largest absolute Gasteiger partial charge is 0.497 e. The molecule has 1 aromatic carbocycles. The topological polar surface area (TPSA) is 54.9 Å². The van der Waals surface area contributed by atoms with Gasteiger partial charge < -0.3 is 19.3 Å². The van der Waals surface area contributed by atoms with Gasteiger partial charge in [-0.05, 0) is 40.6 Å². The van der Waals surface area contributed by atoms with E-state index in [1.807, 2.05) is 58.9 Å². The van der Waals surface area contributed by atoms with Crippen LogP contribution in [0.25, 0.3) is 10.9 Å². The Bertz CT molecular complexity index is 957. The van der Waals surface area contributed by atoms with Crippen molar-refractivity contribution in [2.45, 2.75) is 13.0 Å². The fraction of sp³-hybridized carbons (Fsp3) is 0.364. The molecule has 0 aliphatic rings. The fourth-order valence-electron chi connectivity index (χ4n) is 3.19. The van der Waals surface area contributed by atoms with Crippen molar-refractivity contribution in [3.05, 3.63) is 52.2 Å². The van der Waals surface area contributed by atoms with Crippen LogP contribution in [0.5, 0.6) is 5.75 Å². The van der Waals surface area contributed by atoms with E-state index in [0.717, 1.165) is 33.6 Å². The van der Waals surface area contributed by atoms with E-state index in [9.17, 15) is 4.79 Å². The minimum Gasteiger partial charge on any atom is -0.497 e. The number of hydrogen-bond donors (Lipinski definition) is 0. The standard InChI is InChI=1S/C22H27N3O3S/c1-24(2)22-18(12-17-5-6-19(28-4)13-20(17)23-22)14-25(8-9-27-3)21(26)11-16-7-10-29-15-16/h5-7,10,12-13,15H,8-9,11,14H2,1-4H3. The first kappa shape index (κ1) is 21.1. The molecule has 3 rings (SSSR count). The monoisotopic (exact) mass is 413 g/mol. The Kier molecular flexibility index (Phi) is 7.06. The highest BCUT2D eigenvalue weighted by Gasteiger charge is 2.18. The Morgan fingerprint density at radius 2 is 2.00 bits per heavy atom. The van der Waals surface area contributed by atoms with Crippen LogP contribution in [0.4, 0.5) is 5.82 Å². The molecule has 3 aromatic rings. The van der Waals surface area contributed by atoms with Gasteiger partial charge in [-0.3, -0.25) is 4.79 Å². The lowest BCUT2D eigenvalue weighted by atomic mass is 10.1. The highest BCUT2D eigenvalue weighted by Crippen LogP contribution is 2.27. The van der Waals surface area contributed by atoms with Crippen molar-refractivity contribution >= 4 is 34.0 Å². The third kappa shape index (κ3) is 5.25. The molecule has 0 N–H and O–H groups in total. The van der Waals surface area contributed by atoms with E-state index >= 15 is 0 Å². The van der Waals surface area contributed by atoms with E-state index in [2.05, 4.69) is 6.07 Å². The number of amides is 1. The summed E-state index contributed by atoms with van der Waals surface area (Å²) in [5.41, 5.74) is 2.91. The second-order valence-corrected chi connectivity index (χ2v) is 7.82. The summed E-state index contributed by atoms with van der Waals surface area (Å²) in [5, 5.41) is 5.03. The maximum absolute atomic E-state index is 13.0. The molecule has 2 heterocycles. The van der Waals surface area contributed by atoms with Crippen molar-refractivity contribution in [2.24, 2.45) is 0 Å². The molecule has 0 fully saturated rings. The lowest BCUT2D eigenvalue weighted by Gasteiger charge is -2.25. The highest BCUT2D eigenvalue weighted by atomic mass is 32.1. The number of ether oxygens (including phenoxy) is 2. The molecule has 0 saturated carbocycles. The lowest BCUT2D eigenvalue weighted by molar-refractivity contribution is -0.131. The number of nitrogens with zero attached hydrogens (tertiary/aromatic N) is 3. The Morgan fingerprint density at radius 1 is 1.17 bits per heavy atom. The Hall–Kier alpha value is -2.64. The van der Waals surface area contributed by atoms with Gasteiger partial charge in [0, 0.05) is 51.3 Å². The first-order valence-corrected chi connectivity index (χ1v) is 10.4. The Labute approximate surface area is 175 Å². The van der Waals surface area contributed by atoms with Gasteiger partial charge in [0.1, 0.15) is 11.6 Å². The summed E-state index contributed by atoms with van der Waals surface area (Å²) in [5.74, 6) is 1.70. The van der Waals surface area contributed by atoms with Gasteiger partial charge in [0.2, 0.25) is 5.91 Å². The summed E-state index contributed by atoms with van der Waals surface area (Å²) in [6.07, 6.45) is 0.392. The number of carbonyl (C=O) groups excluding carboxylic acids is 1. The van der Waals surface area contributed by atoms with Crippen LogP contribution < -0.4 is 9.64 Å². The molecule has 7 heteroatoms. The van der Waals surface area contributed by atoms with E-state index < -0.39 is 0 Å². The number of anilines is 1. The van der Waals surface area contributed by atoms with Gasteiger partial charge in [-0.1, -0.05) is 0 Å². The van der Waals surface area contributed by atoms with E-state index in [1.54, 1.807) is 25.6 Å². The number of hydrogen-bond acceptors (Lipinski definition) is 6. The Morgan fingerprint density at radius 3 is 2.66 bits per heavy atom. The van der Waals surface area contributed by atoms with Gasteiger partial charge in [0.15, 0.2) is 0 Å². The predicted molar refractivity (Wildman–Crippen MR) is 118 cm³/mol. The number of methoxy groups -OCH3 is 2. The quantitative estimate of drug-likeness (QED) is 0.537. The minimum atomic E-state index is 0.0833. The predicted octanol–water partition coefficient (Wildman–Crippen LogP) is 3.59. The summed E-state index contributed by atoms with van der Waals surface area (Å²) in [7, 11) is 7.22. The second-order valence-electron chi connectivity index (χ2n) is 7.04. The summed E-state index contributed by atoms with van der Waals surface area (Å²) >= 11 is 1.60. The zero-order chi connectivity index (χ0) is 20.8. The molecular formula is C22H27N3O3S. The first-order valence-electron chi connectivity index (χ1n) is 9.44. The van der Waals surface area contributed by atoms with Gasteiger partial charge in [-0.25, -0.2) is 4.98 Å². The summed E-state index contributed by atoms with van der Waals surface area (Å²) in [4.78, 5) is 21.6. The van der Waals surface area contributed by atoms with E-state index in [0.29, 0.717) is 26.1 Å². The average Bonchev–Trinajstić information content (AvgIpc) is 3.22. The third-order valence-corrected chi connectivity index (χ3v) is 5.45. The number of benzene rings is 1. The maximum atomic E-state index is 13.0. The number of fused-ring (bicyclic) bond motifs is 1. The van der Waals surface area contributed by atoms with Crippen LogP contribution in [0.3, 0.4) is 0 Å². The number of aromatic nitrogens is 1. The van der Waals surface area contributed by atoms with Crippen LogP contribution in [0.1, 0.15) is 11.1 Å². The van der Waals surface area contributed by atoms with E-state index in [1.165, 1.54) is 0 Å². The molecule has 0 aliphatic heterocycles. The van der Waals surface area contributed by atoms with Crippen LogP contribution in [-0.4, -0.2) is 57.3 Å². The molecule has 0 radical (unpaired) electrons. The van der Waals surface area contributed by atoms with Crippen LogP contribution in [-0.2, 0) is 22.5 Å². The molecule has 0 aliphatic carbocycles. The van der Waals surface area contributed by atoms with Gasteiger partial charge in [-0.2, -0.15) is 11.3 Å². The zero-order valence-corrected chi connectivity index (χ0v) is 18.2. The molecule has 0 atom stereocenters. The first-order chi connectivity index (χ1) is 14.0. The third-order valence-electron chi connectivity index (χ3n) is 4.72. The molecule has 0 unspecified atom stereocenters. The van der Waals surface area contributed by atoms with Crippen molar-refractivity contribution in [1.82, 2.24) is 9.88 Å².